The second-order valence-electron chi connectivity index (χ2n) is 5.70. The van der Waals surface area contributed by atoms with Crippen molar-refractivity contribution in [1.29, 1.82) is 0 Å². The summed E-state index contributed by atoms with van der Waals surface area (Å²) in [4.78, 5) is 25.3. The lowest BCUT2D eigenvalue weighted by Crippen LogP contribution is -2.32. The molecule has 0 fully saturated rings. The van der Waals surface area contributed by atoms with E-state index in [0.717, 1.165) is 5.56 Å². The van der Waals surface area contributed by atoms with E-state index in [2.05, 4.69) is 5.32 Å². The normalized spacial score (nSPS) is 14.9. The molecule has 0 spiro atoms. The zero-order chi connectivity index (χ0) is 19.1. The van der Waals surface area contributed by atoms with Crippen LogP contribution in [0.25, 0.3) is 0 Å². The van der Waals surface area contributed by atoms with Crippen molar-refractivity contribution in [2.24, 2.45) is 0 Å². The molecule has 7 heteroatoms. The standard InChI is InChI=1S/C19H21Cl2NO4/c1-12-15(18(23)25-10-8-20)17(14-6-4-3-5-7-14)16(13(2)22-12)19(24)26-11-9-21/h3-7,17,22H,8-11H2,1-2H3. The van der Waals surface area contributed by atoms with Crippen molar-refractivity contribution in [2.45, 2.75) is 19.8 Å². The third-order valence-corrected chi connectivity index (χ3v) is 4.26. The Morgan fingerprint density at radius 2 is 1.38 bits per heavy atom. The Balaban J connectivity index is 2.51. The van der Waals surface area contributed by atoms with Gasteiger partial charge in [-0.25, -0.2) is 9.59 Å². The lowest BCUT2D eigenvalue weighted by atomic mass is 9.80. The molecular weight excluding hydrogens is 377 g/mol. The monoisotopic (exact) mass is 397 g/mol. The summed E-state index contributed by atoms with van der Waals surface area (Å²) in [5, 5.41) is 3.09. The van der Waals surface area contributed by atoms with E-state index in [-0.39, 0.29) is 25.0 Å². The third-order valence-electron chi connectivity index (χ3n) is 3.95. The summed E-state index contributed by atoms with van der Waals surface area (Å²) in [6.07, 6.45) is 0. The maximum Gasteiger partial charge on any atom is 0.336 e. The molecule has 0 aliphatic carbocycles. The summed E-state index contributed by atoms with van der Waals surface area (Å²) < 4.78 is 10.5. The van der Waals surface area contributed by atoms with Crippen LogP contribution in [0.5, 0.6) is 0 Å². The van der Waals surface area contributed by atoms with Crippen LogP contribution in [-0.4, -0.2) is 36.9 Å². The summed E-state index contributed by atoms with van der Waals surface area (Å²) in [5.41, 5.74) is 2.78. The van der Waals surface area contributed by atoms with Gasteiger partial charge in [0.25, 0.3) is 0 Å². The van der Waals surface area contributed by atoms with E-state index in [9.17, 15) is 9.59 Å². The number of hydrogen-bond acceptors (Lipinski definition) is 5. The molecule has 26 heavy (non-hydrogen) atoms. The Labute approximate surface area is 162 Å². The van der Waals surface area contributed by atoms with Crippen molar-refractivity contribution in [3.8, 4) is 0 Å². The van der Waals surface area contributed by atoms with Crippen LogP contribution in [0.4, 0.5) is 0 Å². The van der Waals surface area contributed by atoms with Gasteiger partial charge in [-0.15, -0.1) is 23.2 Å². The van der Waals surface area contributed by atoms with E-state index in [0.29, 0.717) is 22.5 Å². The molecule has 1 heterocycles. The fourth-order valence-electron chi connectivity index (χ4n) is 2.93. The summed E-state index contributed by atoms with van der Waals surface area (Å²) in [6.45, 7) is 3.73. The molecule has 0 amide bonds. The first-order chi connectivity index (χ1) is 12.5. The number of ether oxygens (including phenoxy) is 2. The van der Waals surface area contributed by atoms with Crippen molar-refractivity contribution in [3.63, 3.8) is 0 Å². The van der Waals surface area contributed by atoms with Crippen LogP contribution in [0.3, 0.4) is 0 Å². The van der Waals surface area contributed by atoms with E-state index in [1.54, 1.807) is 13.8 Å². The highest BCUT2D eigenvalue weighted by Gasteiger charge is 2.37. The van der Waals surface area contributed by atoms with Gasteiger partial charge in [0.2, 0.25) is 0 Å². The van der Waals surface area contributed by atoms with Crippen molar-refractivity contribution in [1.82, 2.24) is 5.32 Å². The average molecular weight is 398 g/mol. The molecule has 0 unspecified atom stereocenters. The molecule has 1 aromatic rings. The van der Waals surface area contributed by atoms with Crippen LogP contribution in [0, 0.1) is 0 Å². The number of carbonyl (C=O) groups is 2. The van der Waals surface area contributed by atoms with Crippen molar-refractivity contribution >= 4 is 35.1 Å². The van der Waals surface area contributed by atoms with Crippen LogP contribution in [0.2, 0.25) is 0 Å². The van der Waals surface area contributed by atoms with Crippen LogP contribution in [0.1, 0.15) is 25.3 Å². The summed E-state index contributed by atoms with van der Waals surface area (Å²) in [6, 6.07) is 9.30. The molecule has 2 rings (SSSR count). The Hall–Kier alpha value is -1.98. The Bertz CT molecular complexity index is 686. The second-order valence-corrected chi connectivity index (χ2v) is 6.45. The van der Waals surface area contributed by atoms with Crippen LogP contribution in [0.15, 0.2) is 52.9 Å². The number of nitrogens with one attached hydrogen (secondary N) is 1. The van der Waals surface area contributed by atoms with Gasteiger partial charge in [0.15, 0.2) is 0 Å². The number of esters is 2. The van der Waals surface area contributed by atoms with Gasteiger partial charge < -0.3 is 14.8 Å². The molecule has 0 saturated heterocycles. The zero-order valence-electron chi connectivity index (χ0n) is 14.7. The molecule has 0 atom stereocenters. The SMILES string of the molecule is CC1=C(C(=O)OCCCl)C(c2ccccc2)C(C(=O)OCCCl)=C(C)N1. The molecular formula is C19H21Cl2NO4. The first-order valence-corrected chi connectivity index (χ1v) is 9.27. The van der Waals surface area contributed by atoms with E-state index < -0.39 is 17.9 Å². The second kappa shape index (κ2) is 9.64. The topological polar surface area (TPSA) is 64.6 Å². The summed E-state index contributed by atoms with van der Waals surface area (Å²) in [7, 11) is 0. The molecule has 5 nitrogen and oxygen atoms in total. The number of carbonyl (C=O) groups excluding carboxylic acids is 2. The summed E-state index contributed by atoms with van der Waals surface area (Å²) in [5.74, 6) is -1.23. The minimum Gasteiger partial charge on any atom is -0.461 e. The smallest absolute Gasteiger partial charge is 0.336 e. The van der Waals surface area contributed by atoms with Crippen molar-refractivity contribution in [2.75, 3.05) is 25.0 Å². The Morgan fingerprint density at radius 3 is 1.81 bits per heavy atom. The highest BCUT2D eigenvalue weighted by Crippen LogP contribution is 2.39. The number of alkyl halides is 2. The molecule has 1 aliphatic heterocycles. The lowest BCUT2D eigenvalue weighted by molar-refractivity contribution is -0.139. The van der Waals surface area contributed by atoms with E-state index in [4.69, 9.17) is 32.7 Å². The zero-order valence-corrected chi connectivity index (χ0v) is 16.2. The number of dihydropyridines is 1. The molecule has 1 aromatic carbocycles. The molecule has 0 bridgehead atoms. The number of halogens is 2. The van der Waals surface area contributed by atoms with Crippen LogP contribution < -0.4 is 5.32 Å². The Kier molecular flexibility index (Phi) is 7.54. The highest BCUT2D eigenvalue weighted by molar-refractivity contribution is 6.18. The number of hydrogen-bond donors (Lipinski definition) is 1. The lowest BCUT2D eigenvalue weighted by Gasteiger charge is -2.30. The van der Waals surface area contributed by atoms with Crippen LogP contribution in [-0.2, 0) is 19.1 Å². The van der Waals surface area contributed by atoms with Gasteiger partial charge in [0.1, 0.15) is 13.2 Å². The first-order valence-electron chi connectivity index (χ1n) is 8.21. The maximum absolute atomic E-state index is 12.7. The third kappa shape index (κ3) is 4.59. The summed E-state index contributed by atoms with van der Waals surface area (Å²) >= 11 is 11.3. The molecule has 1 aliphatic rings. The highest BCUT2D eigenvalue weighted by atomic mass is 35.5. The van der Waals surface area contributed by atoms with E-state index in [1.165, 1.54) is 0 Å². The van der Waals surface area contributed by atoms with Crippen LogP contribution >= 0.6 is 23.2 Å². The first kappa shape index (κ1) is 20.3. The van der Waals surface area contributed by atoms with E-state index >= 15 is 0 Å². The molecule has 0 radical (unpaired) electrons. The fraction of sp³-hybridized carbons (Fsp3) is 0.368. The van der Waals surface area contributed by atoms with E-state index in [1.807, 2.05) is 30.3 Å². The predicted octanol–water partition coefficient (Wildman–Crippen LogP) is 3.49. The van der Waals surface area contributed by atoms with Crippen molar-refractivity contribution < 1.29 is 19.1 Å². The van der Waals surface area contributed by atoms with Gasteiger partial charge in [0, 0.05) is 11.4 Å². The molecule has 0 aromatic heterocycles. The van der Waals surface area contributed by atoms with Gasteiger partial charge in [-0.05, 0) is 19.4 Å². The predicted molar refractivity (Wildman–Crippen MR) is 101 cm³/mol. The Morgan fingerprint density at radius 1 is 0.923 bits per heavy atom. The number of benzene rings is 1. The number of rotatable bonds is 7. The fourth-order valence-corrected chi connectivity index (χ4v) is 3.09. The van der Waals surface area contributed by atoms with Gasteiger partial charge in [-0.3, -0.25) is 0 Å². The molecule has 1 N–H and O–H groups in total. The minimum absolute atomic E-state index is 0.0907. The largest absolute Gasteiger partial charge is 0.461 e. The minimum atomic E-state index is -0.594. The quantitative estimate of drug-likeness (QED) is 0.563. The van der Waals surface area contributed by atoms with Crippen molar-refractivity contribution in [3.05, 3.63) is 58.4 Å². The molecule has 0 saturated carbocycles. The average Bonchev–Trinajstić information content (AvgIpc) is 2.64. The van der Waals surface area contributed by atoms with Gasteiger partial charge in [-0.1, -0.05) is 30.3 Å². The van der Waals surface area contributed by atoms with Gasteiger partial charge in [-0.2, -0.15) is 0 Å². The van der Waals surface area contributed by atoms with Gasteiger partial charge in [0.05, 0.1) is 28.8 Å². The maximum atomic E-state index is 12.7. The number of allylic oxidation sites excluding steroid dienone is 2. The molecule has 140 valence electrons. The van der Waals surface area contributed by atoms with Gasteiger partial charge >= 0.3 is 11.9 Å².